The summed E-state index contributed by atoms with van der Waals surface area (Å²) in [7, 11) is 0. The molecule has 0 radical (unpaired) electrons. The third kappa shape index (κ3) is 14.1. The maximum absolute atomic E-state index is 8.98. The van der Waals surface area contributed by atoms with E-state index in [9.17, 15) is 0 Å². The van der Waals surface area contributed by atoms with Gasteiger partial charge >= 0.3 is 0 Å². The minimum Gasteiger partial charge on any atom is -0.395 e. The molecule has 0 atom stereocenters. The number of rotatable bonds is 15. The monoisotopic (exact) mass is 271 g/mol. The number of hydrogen-bond acceptors (Lipinski definition) is 2. The molecule has 0 saturated heterocycles. The highest BCUT2D eigenvalue weighted by Gasteiger charge is 2.01. The van der Waals surface area contributed by atoms with Crippen molar-refractivity contribution in [2.75, 3.05) is 26.2 Å². The van der Waals surface area contributed by atoms with Gasteiger partial charge in [0.15, 0.2) is 0 Å². The van der Waals surface area contributed by atoms with Gasteiger partial charge in [0, 0.05) is 6.54 Å². The molecule has 0 fully saturated rings. The predicted octanol–water partition coefficient (Wildman–Crippen LogP) is 4.61. The SMILES string of the molecule is CCCCCCCCCCCCN(CCC)CCO. The van der Waals surface area contributed by atoms with E-state index in [0.29, 0.717) is 6.61 Å². The van der Waals surface area contributed by atoms with Crippen LogP contribution in [0.4, 0.5) is 0 Å². The van der Waals surface area contributed by atoms with Crippen LogP contribution < -0.4 is 0 Å². The lowest BCUT2D eigenvalue weighted by atomic mass is 10.1. The molecule has 1 N–H and O–H groups in total. The molecule has 0 aromatic carbocycles. The first-order valence-electron chi connectivity index (χ1n) is 8.68. The molecule has 0 amide bonds. The third-order valence-electron chi connectivity index (χ3n) is 3.78. The topological polar surface area (TPSA) is 23.5 Å². The second-order valence-corrected chi connectivity index (χ2v) is 5.75. The van der Waals surface area contributed by atoms with Gasteiger partial charge in [0.1, 0.15) is 0 Å². The van der Waals surface area contributed by atoms with Crippen LogP contribution in [0.5, 0.6) is 0 Å². The van der Waals surface area contributed by atoms with Gasteiger partial charge in [0.05, 0.1) is 6.61 Å². The molecule has 116 valence electrons. The molecular weight excluding hydrogens is 234 g/mol. The molecule has 0 aromatic heterocycles. The Hall–Kier alpha value is -0.0800. The van der Waals surface area contributed by atoms with Crippen LogP contribution in [-0.4, -0.2) is 36.2 Å². The summed E-state index contributed by atoms with van der Waals surface area (Å²) in [5.41, 5.74) is 0. The molecule has 2 heteroatoms. The molecule has 0 aromatic rings. The highest BCUT2D eigenvalue weighted by atomic mass is 16.3. The van der Waals surface area contributed by atoms with Crippen LogP contribution in [0.15, 0.2) is 0 Å². The van der Waals surface area contributed by atoms with Gasteiger partial charge < -0.3 is 10.0 Å². The van der Waals surface area contributed by atoms with E-state index in [2.05, 4.69) is 18.7 Å². The van der Waals surface area contributed by atoms with Crippen molar-refractivity contribution in [2.45, 2.75) is 84.5 Å². The van der Waals surface area contributed by atoms with Crippen LogP contribution in [0.3, 0.4) is 0 Å². The van der Waals surface area contributed by atoms with Crippen LogP contribution in [0.25, 0.3) is 0 Å². The van der Waals surface area contributed by atoms with Gasteiger partial charge in [-0.25, -0.2) is 0 Å². The molecule has 0 rings (SSSR count). The standard InChI is InChI=1S/C17H37NO/c1-3-5-6-7-8-9-10-11-12-13-15-18(14-4-2)16-17-19/h19H,3-17H2,1-2H3. The van der Waals surface area contributed by atoms with Crippen LogP contribution in [0.1, 0.15) is 84.5 Å². The Balaban J connectivity index is 3.20. The molecule has 0 heterocycles. The summed E-state index contributed by atoms with van der Waals surface area (Å²) in [6, 6.07) is 0. The van der Waals surface area contributed by atoms with Gasteiger partial charge in [-0.05, 0) is 25.9 Å². The van der Waals surface area contributed by atoms with E-state index in [4.69, 9.17) is 5.11 Å². The van der Waals surface area contributed by atoms with E-state index in [0.717, 1.165) is 13.1 Å². The van der Waals surface area contributed by atoms with Gasteiger partial charge in [0.2, 0.25) is 0 Å². The van der Waals surface area contributed by atoms with E-state index in [1.54, 1.807) is 0 Å². The van der Waals surface area contributed by atoms with Gasteiger partial charge in [-0.15, -0.1) is 0 Å². The summed E-state index contributed by atoms with van der Waals surface area (Å²) in [5.74, 6) is 0. The molecule has 0 aliphatic rings. The van der Waals surface area contributed by atoms with Crippen molar-refractivity contribution < 1.29 is 5.11 Å². The first-order chi connectivity index (χ1) is 9.35. The molecule has 19 heavy (non-hydrogen) atoms. The zero-order valence-electron chi connectivity index (χ0n) is 13.5. The van der Waals surface area contributed by atoms with Gasteiger partial charge in [-0.1, -0.05) is 71.6 Å². The predicted molar refractivity (Wildman–Crippen MR) is 85.7 cm³/mol. The zero-order valence-corrected chi connectivity index (χ0v) is 13.5. The van der Waals surface area contributed by atoms with Gasteiger partial charge in [0.25, 0.3) is 0 Å². The Bertz CT molecular complexity index is 155. The lowest BCUT2D eigenvalue weighted by Gasteiger charge is -2.20. The fourth-order valence-corrected chi connectivity index (χ4v) is 2.62. The van der Waals surface area contributed by atoms with E-state index in [1.807, 2.05) is 0 Å². The fraction of sp³-hybridized carbons (Fsp3) is 1.00. The smallest absolute Gasteiger partial charge is 0.0558 e. The quantitative estimate of drug-likeness (QED) is 0.440. The summed E-state index contributed by atoms with van der Waals surface area (Å²) in [6.45, 7) is 7.95. The molecule has 0 bridgehead atoms. The lowest BCUT2D eigenvalue weighted by Crippen LogP contribution is -2.28. The highest BCUT2D eigenvalue weighted by molar-refractivity contribution is 4.57. The second-order valence-electron chi connectivity index (χ2n) is 5.75. The molecule has 0 spiro atoms. The molecule has 2 nitrogen and oxygen atoms in total. The fourth-order valence-electron chi connectivity index (χ4n) is 2.62. The summed E-state index contributed by atoms with van der Waals surface area (Å²) in [6.07, 6.45) is 15.2. The highest BCUT2D eigenvalue weighted by Crippen LogP contribution is 2.10. The van der Waals surface area contributed by atoms with E-state index >= 15 is 0 Å². The Kier molecular flexibility index (Phi) is 15.9. The Morgan fingerprint density at radius 3 is 1.58 bits per heavy atom. The average molecular weight is 271 g/mol. The maximum atomic E-state index is 8.98. The summed E-state index contributed by atoms with van der Waals surface area (Å²) in [5, 5.41) is 8.98. The number of nitrogens with zero attached hydrogens (tertiary/aromatic N) is 1. The Morgan fingerprint density at radius 1 is 0.579 bits per heavy atom. The molecule has 0 saturated carbocycles. The van der Waals surface area contributed by atoms with Crippen molar-refractivity contribution in [2.24, 2.45) is 0 Å². The summed E-state index contributed by atoms with van der Waals surface area (Å²) < 4.78 is 0. The Morgan fingerprint density at radius 2 is 1.11 bits per heavy atom. The molecular formula is C17H37NO. The summed E-state index contributed by atoms with van der Waals surface area (Å²) >= 11 is 0. The van der Waals surface area contributed by atoms with Gasteiger partial charge in [-0.2, -0.15) is 0 Å². The van der Waals surface area contributed by atoms with Crippen molar-refractivity contribution in [3.63, 3.8) is 0 Å². The molecule has 0 aliphatic carbocycles. The normalized spacial score (nSPS) is 11.4. The third-order valence-corrected chi connectivity index (χ3v) is 3.78. The van der Waals surface area contributed by atoms with Crippen molar-refractivity contribution in [3.8, 4) is 0 Å². The summed E-state index contributed by atoms with van der Waals surface area (Å²) in [4.78, 5) is 2.39. The minimum atomic E-state index is 0.303. The van der Waals surface area contributed by atoms with Crippen LogP contribution in [0, 0.1) is 0 Å². The zero-order chi connectivity index (χ0) is 14.2. The number of aliphatic hydroxyl groups is 1. The van der Waals surface area contributed by atoms with Gasteiger partial charge in [-0.3, -0.25) is 0 Å². The van der Waals surface area contributed by atoms with Crippen molar-refractivity contribution in [1.29, 1.82) is 0 Å². The molecule has 0 unspecified atom stereocenters. The Labute approximate surface area is 121 Å². The number of aliphatic hydroxyl groups excluding tert-OH is 1. The van der Waals surface area contributed by atoms with E-state index in [1.165, 1.54) is 77.2 Å². The van der Waals surface area contributed by atoms with Crippen LogP contribution in [-0.2, 0) is 0 Å². The van der Waals surface area contributed by atoms with Crippen molar-refractivity contribution >= 4 is 0 Å². The molecule has 0 aliphatic heterocycles. The lowest BCUT2D eigenvalue weighted by molar-refractivity contribution is 0.193. The van der Waals surface area contributed by atoms with Crippen LogP contribution in [0.2, 0.25) is 0 Å². The average Bonchev–Trinajstić information content (AvgIpc) is 2.41. The first-order valence-corrected chi connectivity index (χ1v) is 8.68. The van der Waals surface area contributed by atoms with Crippen molar-refractivity contribution in [1.82, 2.24) is 4.90 Å². The second kappa shape index (κ2) is 16.0. The number of unbranched alkanes of at least 4 members (excludes halogenated alkanes) is 9. The van der Waals surface area contributed by atoms with E-state index < -0.39 is 0 Å². The first kappa shape index (κ1) is 18.9. The van der Waals surface area contributed by atoms with E-state index in [-0.39, 0.29) is 0 Å². The number of hydrogen-bond donors (Lipinski definition) is 1. The van der Waals surface area contributed by atoms with Crippen molar-refractivity contribution in [3.05, 3.63) is 0 Å². The van der Waals surface area contributed by atoms with Crippen LogP contribution >= 0.6 is 0 Å². The largest absolute Gasteiger partial charge is 0.395 e. The minimum absolute atomic E-state index is 0.303. The maximum Gasteiger partial charge on any atom is 0.0558 e.